The number of hydrogen-bond donors (Lipinski definition) is 1. The van der Waals surface area contributed by atoms with Crippen molar-refractivity contribution in [2.45, 2.75) is 45.6 Å². The molecule has 0 radical (unpaired) electrons. The summed E-state index contributed by atoms with van der Waals surface area (Å²) in [5, 5.41) is 0. The number of rotatable bonds is 7. The fraction of sp³-hybridized carbons (Fsp3) is 0.583. The van der Waals surface area contributed by atoms with Crippen molar-refractivity contribution < 1.29 is 4.57 Å². The van der Waals surface area contributed by atoms with E-state index >= 15 is 0 Å². The lowest BCUT2D eigenvalue weighted by Crippen LogP contribution is -2.35. The largest absolute Gasteiger partial charge is 0.254 e. The van der Waals surface area contributed by atoms with Gasteiger partial charge in [0.2, 0.25) is 0 Å². The zero-order valence-electron chi connectivity index (χ0n) is 9.13. The van der Waals surface area contributed by atoms with Crippen molar-refractivity contribution in [3.8, 4) is 0 Å². The van der Waals surface area contributed by atoms with Crippen molar-refractivity contribution in [3.63, 3.8) is 0 Å². The number of H-pyrrole nitrogens is 1. The van der Waals surface area contributed by atoms with Gasteiger partial charge in [0.25, 0.3) is 5.82 Å². The lowest BCUT2D eigenvalue weighted by Gasteiger charge is -1.97. The Balaban J connectivity index is 2.33. The number of unbranched alkanes of at least 4 members (excludes halogenated alkanes) is 3. The first-order valence-electron chi connectivity index (χ1n) is 5.55. The molecule has 14 heavy (non-hydrogen) atoms. The molecule has 0 saturated heterocycles. The number of hydrogen-bond acceptors (Lipinski definition) is 0. The van der Waals surface area contributed by atoms with E-state index in [-0.39, 0.29) is 0 Å². The molecule has 2 nitrogen and oxygen atoms in total. The van der Waals surface area contributed by atoms with Gasteiger partial charge in [0.15, 0.2) is 0 Å². The third-order valence-corrected chi connectivity index (χ3v) is 2.44. The minimum Gasteiger partial charge on any atom is -0.248 e. The van der Waals surface area contributed by atoms with E-state index in [0.717, 1.165) is 13.0 Å². The molecule has 0 fully saturated rings. The Bertz CT molecular complexity index is 263. The smallest absolute Gasteiger partial charge is 0.248 e. The van der Waals surface area contributed by atoms with Crippen molar-refractivity contribution in [1.82, 2.24) is 4.98 Å². The number of aromatic nitrogens is 2. The van der Waals surface area contributed by atoms with E-state index < -0.39 is 0 Å². The predicted molar refractivity (Wildman–Crippen MR) is 59.0 cm³/mol. The fourth-order valence-electron chi connectivity index (χ4n) is 1.64. The van der Waals surface area contributed by atoms with E-state index in [1.165, 1.54) is 31.5 Å². The first-order valence-corrected chi connectivity index (χ1v) is 5.55. The minimum atomic E-state index is 0.909. The number of aromatic amines is 1. The van der Waals surface area contributed by atoms with Crippen molar-refractivity contribution >= 4 is 0 Å². The SMILES string of the molecule is C=CC[n+]1cc[nH]c1CCCCCC. The van der Waals surface area contributed by atoms with Gasteiger partial charge in [-0.15, -0.1) is 0 Å². The third kappa shape index (κ3) is 3.36. The lowest BCUT2D eigenvalue weighted by molar-refractivity contribution is -0.693. The van der Waals surface area contributed by atoms with Crippen LogP contribution in [0.15, 0.2) is 25.0 Å². The predicted octanol–water partition coefficient (Wildman–Crippen LogP) is 2.61. The third-order valence-electron chi connectivity index (χ3n) is 2.44. The Kier molecular flexibility index (Phi) is 5.05. The maximum absolute atomic E-state index is 3.75. The summed E-state index contributed by atoms with van der Waals surface area (Å²) in [7, 11) is 0. The summed E-state index contributed by atoms with van der Waals surface area (Å²) in [4.78, 5) is 3.28. The molecule has 0 aliphatic carbocycles. The van der Waals surface area contributed by atoms with Crippen LogP contribution in [0.1, 0.15) is 38.4 Å². The van der Waals surface area contributed by atoms with Crippen LogP contribution in [0.2, 0.25) is 0 Å². The zero-order chi connectivity index (χ0) is 10.2. The van der Waals surface area contributed by atoms with E-state index in [4.69, 9.17) is 0 Å². The van der Waals surface area contributed by atoms with Crippen LogP contribution in [0.5, 0.6) is 0 Å². The van der Waals surface area contributed by atoms with E-state index in [2.05, 4.69) is 29.3 Å². The Morgan fingerprint density at radius 1 is 1.43 bits per heavy atom. The second-order valence-electron chi connectivity index (χ2n) is 3.66. The Hall–Kier alpha value is -1.05. The van der Waals surface area contributed by atoms with E-state index in [0.29, 0.717) is 0 Å². The molecule has 0 aromatic carbocycles. The average molecular weight is 193 g/mol. The number of aryl methyl sites for hydroxylation is 1. The van der Waals surface area contributed by atoms with Gasteiger partial charge in [-0.2, -0.15) is 0 Å². The van der Waals surface area contributed by atoms with Gasteiger partial charge in [0, 0.05) is 6.42 Å². The van der Waals surface area contributed by atoms with Crippen molar-refractivity contribution in [3.05, 3.63) is 30.9 Å². The van der Waals surface area contributed by atoms with E-state index in [9.17, 15) is 0 Å². The summed E-state index contributed by atoms with van der Waals surface area (Å²) in [5.74, 6) is 1.32. The molecule has 0 saturated carbocycles. The highest BCUT2D eigenvalue weighted by molar-refractivity contribution is 4.78. The summed E-state index contributed by atoms with van der Waals surface area (Å²) < 4.78 is 2.22. The molecule has 0 atom stereocenters. The molecule has 1 aromatic rings. The molecule has 0 aliphatic rings. The maximum Gasteiger partial charge on any atom is 0.254 e. The molecule has 0 amide bonds. The van der Waals surface area contributed by atoms with Crippen LogP contribution in [0.25, 0.3) is 0 Å². The van der Waals surface area contributed by atoms with E-state index in [1.54, 1.807) is 0 Å². The monoisotopic (exact) mass is 193 g/mol. The van der Waals surface area contributed by atoms with Gasteiger partial charge in [-0.1, -0.05) is 38.8 Å². The topological polar surface area (TPSA) is 19.7 Å². The van der Waals surface area contributed by atoms with Crippen LogP contribution in [0.4, 0.5) is 0 Å². The lowest BCUT2D eigenvalue weighted by atomic mass is 10.1. The van der Waals surface area contributed by atoms with Crippen molar-refractivity contribution in [1.29, 1.82) is 0 Å². The van der Waals surface area contributed by atoms with Gasteiger partial charge in [-0.05, 0) is 6.42 Å². The maximum atomic E-state index is 3.75. The molecule has 0 bridgehead atoms. The molecular weight excluding hydrogens is 172 g/mol. The number of nitrogens with one attached hydrogen (secondary N) is 1. The zero-order valence-corrected chi connectivity index (χ0v) is 9.13. The molecule has 2 heteroatoms. The van der Waals surface area contributed by atoms with Crippen molar-refractivity contribution in [2.75, 3.05) is 0 Å². The highest BCUT2D eigenvalue weighted by Crippen LogP contribution is 2.02. The Morgan fingerprint density at radius 3 is 3.00 bits per heavy atom. The van der Waals surface area contributed by atoms with Gasteiger partial charge in [-0.25, -0.2) is 9.55 Å². The molecule has 0 unspecified atom stereocenters. The van der Waals surface area contributed by atoms with Crippen LogP contribution in [-0.4, -0.2) is 4.98 Å². The standard InChI is InChI=1S/C12H20N2/c1-3-5-6-7-8-12-13-9-11-14(12)10-4-2/h4,9,11H,2-3,5-8,10H2,1H3/p+1. The van der Waals surface area contributed by atoms with E-state index in [1.807, 2.05) is 12.3 Å². The molecule has 1 aromatic heterocycles. The summed E-state index contributed by atoms with van der Waals surface area (Å²) in [5.41, 5.74) is 0. The van der Waals surface area contributed by atoms with Gasteiger partial charge in [0.1, 0.15) is 18.9 Å². The molecule has 1 heterocycles. The first-order chi connectivity index (χ1) is 6.88. The van der Waals surface area contributed by atoms with Gasteiger partial charge < -0.3 is 0 Å². The Labute approximate surface area is 86.7 Å². The van der Waals surface area contributed by atoms with Crippen LogP contribution in [-0.2, 0) is 13.0 Å². The normalized spacial score (nSPS) is 10.4. The van der Waals surface area contributed by atoms with Crippen LogP contribution >= 0.6 is 0 Å². The second-order valence-corrected chi connectivity index (χ2v) is 3.66. The highest BCUT2D eigenvalue weighted by Gasteiger charge is 2.07. The van der Waals surface area contributed by atoms with Crippen LogP contribution < -0.4 is 4.57 Å². The first kappa shape index (κ1) is 11.0. The molecular formula is C12H21N2+. The average Bonchev–Trinajstić information content (AvgIpc) is 2.61. The molecule has 1 N–H and O–H groups in total. The quantitative estimate of drug-likeness (QED) is 0.390. The van der Waals surface area contributed by atoms with Crippen molar-refractivity contribution in [2.24, 2.45) is 0 Å². The fourth-order valence-corrected chi connectivity index (χ4v) is 1.64. The summed E-state index contributed by atoms with van der Waals surface area (Å²) in [6.45, 7) is 6.90. The number of allylic oxidation sites excluding steroid dienone is 1. The number of nitrogens with zero attached hydrogens (tertiary/aromatic N) is 1. The van der Waals surface area contributed by atoms with Gasteiger partial charge >= 0.3 is 0 Å². The summed E-state index contributed by atoms with van der Waals surface area (Å²) in [6.07, 6.45) is 12.4. The summed E-state index contributed by atoms with van der Waals surface area (Å²) in [6, 6.07) is 0. The molecule has 0 aliphatic heterocycles. The van der Waals surface area contributed by atoms with Gasteiger partial charge in [-0.3, -0.25) is 0 Å². The molecule has 1 rings (SSSR count). The highest BCUT2D eigenvalue weighted by atomic mass is 15.0. The molecule has 78 valence electrons. The van der Waals surface area contributed by atoms with Gasteiger partial charge in [0.05, 0.1) is 0 Å². The molecule has 0 spiro atoms. The minimum absolute atomic E-state index is 0.909. The van der Waals surface area contributed by atoms with Crippen LogP contribution in [0, 0.1) is 0 Å². The second kappa shape index (κ2) is 6.41. The Morgan fingerprint density at radius 2 is 2.29 bits per heavy atom. The number of imidazole rings is 1. The van der Waals surface area contributed by atoms with Crippen LogP contribution in [0.3, 0.4) is 0 Å². The summed E-state index contributed by atoms with van der Waals surface area (Å²) >= 11 is 0.